The van der Waals surface area contributed by atoms with E-state index in [4.69, 9.17) is 9.84 Å². The number of fused-ring (bicyclic) bond motifs is 1. The number of carboxylic acid groups (broad SMARTS) is 1. The van der Waals surface area contributed by atoms with E-state index in [2.05, 4.69) is 11.9 Å². The molecule has 0 aliphatic heterocycles. The van der Waals surface area contributed by atoms with Crippen LogP contribution < -0.4 is 4.74 Å². The van der Waals surface area contributed by atoms with E-state index in [1.54, 1.807) is 11.3 Å². The summed E-state index contributed by atoms with van der Waals surface area (Å²) in [7, 11) is 0. The summed E-state index contributed by atoms with van der Waals surface area (Å²) in [6.07, 6.45) is 4.13. The molecule has 4 nitrogen and oxygen atoms in total. The molecule has 1 aromatic heterocycles. The van der Waals surface area contributed by atoms with Crippen molar-refractivity contribution in [2.24, 2.45) is 0 Å². The van der Waals surface area contributed by atoms with Crippen LogP contribution in [0.3, 0.4) is 0 Å². The lowest BCUT2D eigenvalue weighted by Gasteiger charge is -2.06. The van der Waals surface area contributed by atoms with E-state index < -0.39 is 5.97 Å². The number of benzene rings is 2. The molecule has 3 aromatic rings. The van der Waals surface area contributed by atoms with E-state index in [0.29, 0.717) is 0 Å². The van der Waals surface area contributed by atoms with Gasteiger partial charge in [-0.2, -0.15) is 0 Å². The average Bonchev–Trinajstić information content (AvgIpc) is 3.10. The molecular formula is C21H21NO3S2. The smallest absolute Gasteiger partial charge is 0.313 e. The van der Waals surface area contributed by atoms with Gasteiger partial charge in [0, 0.05) is 4.91 Å². The van der Waals surface area contributed by atoms with Gasteiger partial charge in [-0.15, -0.1) is 23.1 Å². The third kappa shape index (κ3) is 5.58. The van der Waals surface area contributed by atoms with Gasteiger partial charge in [0.15, 0.2) is 0 Å². The molecule has 6 heteroatoms. The number of ether oxygens (including phenoxy) is 1. The highest BCUT2D eigenvalue weighted by Crippen LogP contribution is 2.35. The Balaban J connectivity index is 1.84. The highest BCUT2D eigenvalue weighted by Gasteiger charge is 2.11. The zero-order chi connectivity index (χ0) is 19.1. The number of carbonyl (C=O) groups is 1. The van der Waals surface area contributed by atoms with Crippen molar-refractivity contribution in [3.63, 3.8) is 0 Å². The van der Waals surface area contributed by atoms with Gasteiger partial charge in [0.05, 0.1) is 22.6 Å². The lowest BCUT2D eigenvalue weighted by molar-refractivity contribution is -0.133. The highest BCUT2D eigenvalue weighted by atomic mass is 32.2. The van der Waals surface area contributed by atoms with Crippen LogP contribution in [0.2, 0.25) is 0 Å². The fourth-order valence-corrected chi connectivity index (χ4v) is 4.27. The van der Waals surface area contributed by atoms with Crippen LogP contribution in [0.1, 0.15) is 30.3 Å². The van der Waals surface area contributed by atoms with Gasteiger partial charge in [0.1, 0.15) is 10.8 Å². The fraction of sp³-hybridized carbons (Fsp3) is 0.238. The SMILES string of the molecule is CCCCOc1ccc(/C=C(\SCC(=O)O)c2nc3ccccc3s2)cc1. The molecule has 1 N–H and O–H groups in total. The zero-order valence-corrected chi connectivity index (χ0v) is 16.7. The van der Waals surface area contributed by atoms with Crippen molar-refractivity contribution in [2.75, 3.05) is 12.4 Å². The van der Waals surface area contributed by atoms with Gasteiger partial charge in [0.25, 0.3) is 0 Å². The molecule has 0 bridgehead atoms. The number of thioether (sulfide) groups is 1. The van der Waals surface area contributed by atoms with E-state index in [9.17, 15) is 4.79 Å². The number of rotatable bonds is 9. The normalized spacial score (nSPS) is 11.7. The molecule has 0 aliphatic carbocycles. The summed E-state index contributed by atoms with van der Waals surface area (Å²) in [6.45, 7) is 2.85. The number of thiazole rings is 1. The lowest BCUT2D eigenvalue weighted by Crippen LogP contribution is -1.98. The zero-order valence-electron chi connectivity index (χ0n) is 15.1. The molecule has 0 amide bonds. The van der Waals surface area contributed by atoms with E-state index in [1.807, 2.05) is 54.6 Å². The Morgan fingerprint density at radius 2 is 2.00 bits per heavy atom. The van der Waals surface area contributed by atoms with Crippen molar-refractivity contribution in [1.29, 1.82) is 0 Å². The predicted octanol–water partition coefficient (Wildman–Crippen LogP) is 5.79. The maximum Gasteiger partial charge on any atom is 0.313 e. The van der Waals surface area contributed by atoms with Crippen molar-refractivity contribution in [3.8, 4) is 5.75 Å². The molecule has 1 heterocycles. The summed E-state index contributed by atoms with van der Waals surface area (Å²) < 4.78 is 6.79. The van der Waals surface area contributed by atoms with E-state index in [0.717, 1.165) is 50.9 Å². The molecule has 0 atom stereocenters. The minimum atomic E-state index is -0.841. The van der Waals surface area contributed by atoms with Crippen molar-refractivity contribution in [2.45, 2.75) is 19.8 Å². The Kier molecular flexibility index (Phi) is 6.90. The quantitative estimate of drug-likeness (QED) is 0.461. The summed E-state index contributed by atoms with van der Waals surface area (Å²) in [4.78, 5) is 16.6. The van der Waals surface area contributed by atoms with Gasteiger partial charge in [0.2, 0.25) is 0 Å². The summed E-state index contributed by atoms with van der Waals surface area (Å²) >= 11 is 2.87. The molecule has 27 heavy (non-hydrogen) atoms. The molecule has 140 valence electrons. The third-order valence-corrected chi connectivity index (χ3v) is 6.01. The van der Waals surface area contributed by atoms with Gasteiger partial charge in [-0.3, -0.25) is 4.79 Å². The van der Waals surface area contributed by atoms with Crippen LogP contribution in [-0.2, 0) is 4.79 Å². The first kappa shape index (κ1) is 19.5. The van der Waals surface area contributed by atoms with Crippen LogP contribution in [0.5, 0.6) is 5.75 Å². The molecule has 3 rings (SSSR count). The molecule has 0 unspecified atom stereocenters. The largest absolute Gasteiger partial charge is 0.494 e. The Morgan fingerprint density at radius 1 is 1.22 bits per heavy atom. The number of carboxylic acids is 1. The minimum Gasteiger partial charge on any atom is -0.494 e. The van der Waals surface area contributed by atoms with Crippen molar-refractivity contribution < 1.29 is 14.6 Å². The number of aromatic nitrogens is 1. The van der Waals surface area contributed by atoms with Crippen LogP contribution in [0.4, 0.5) is 0 Å². The molecule has 2 aromatic carbocycles. The Bertz CT molecular complexity index is 899. The molecule has 0 radical (unpaired) electrons. The number of hydrogen-bond acceptors (Lipinski definition) is 5. The van der Waals surface area contributed by atoms with Gasteiger partial charge >= 0.3 is 5.97 Å². The molecule has 0 aliphatic rings. The monoisotopic (exact) mass is 399 g/mol. The van der Waals surface area contributed by atoms with E-state index in [-0.39, 0.29) is 5.75 Å². The second-order valence-electron chi connectivity index (χ2n) is 5.95. The van der Waals surface area contributed by atoms with Gasteiger partial charge in [-0.1, -0.05) is 37.6 Å². The maximum atomic E-state index is 11.0. The van der Waals surface area contributed by atoms with Gasteiger partial charge in [-0.25, -0.2) is 4.98 Å². The topological polar surface area (TPSA) is 59.4 Å². The number of nitrogens with zero attached hydrogens (tertiary/aromatic N) is 1. The minimum absolute atomic E-state index is 0.0000288. The molecule has 0 saturated heterocycles. The van der Waals surface area contributed by atoms with Crippen LogP contribution >= 0.6 is 23.1 Å². The standard InChI is InChI=1S/C21H21NO3S2/c1-2-3-12-25-16-10-8-15(9-11-16)13-19(26-14-20(23)24)21-22-17-6-4-5-7-18(17)27-21/h4-11,13H,2-3,12,14H2,1H3,(H,23,24)/b19-13-. The highest BCUT2D eigenvalue weighted by molar-refractivity contribution is 8.09. The summed E-state index contributed by atoms with van der Waals surface area (Å²) in [5, 5.41) is 9.91. The first-order valence-electron chi connectivity index (χ1n) is 8.81. The van der Waals surface area contributed by atoms with Gasteiger partial charge < -0.3 is 9.84 Å². The van der Waals surface area contributed by atoms with Crippen LogP contribution in [0, 0.1) is 0 Å². The number of para-hydroxylation sites is 1. The van der Waals surface area contributed by atoms with Crippen LogP contribution in [-0.4, -0.2) is 28.4 Å². The van der Waals surface area contributed by atoms with Crippen molar-refractivity contribution in [3.05, 3.63) is 59.1 Å². The Hall–Kier alpha value is -2.31. The number of unbranched alkanes of at least 4 members (excludes halogenated alkanes) is 1. The molecule has 0 spiro atoms. The Labute approximate surface area is 166 Å². The van der Waals surface area contributed by atoms with Crippen molar-refractivity contribution >= 4 is 50.3 Å². The first-order valence-corrected chi connectivity index (χ1v) is 10.6. The lowest BCUT2D eigenvalue weighted by atomic mass is 10.2. The Morgan fingerprint density at radius 3 is 2.70 bits per heavy atom. The number of hydrogen-bond donors (Lipinski definition) is 1. The van der Waals surface area contributed by atoms with Gasteiger partial charge in [-0.05, 0) is 42.3 Å². The molecular weight excluding hydrogens is 378 g/mol. The average molecular weight is 400 g/mol. The predicted molar refractivity (Wildman–Crippen MR) is 114 cm³/mol. The summed E-state index contributed by atoms with van der Waals surface area (Å²) in [6, 6.07) is 15.8. The second-order valence-corrected chi connectivity index (χ2v) is 8.00. The van der Waals surface area contributed by atoms with E-state index in [1.165, 1.54) is 11.8 Å². The summed E-state index contributed by atoms with van der Waals surface area (Å²) in [5.41, 5.74) is 1.92. The third-order valence-electron chi connectivity index (χ3n) is 3.80. The molecule has 0 saturated carbocycles. The maximum absolute atomic E-state index is 11.0. The molecule has 0 fully saturated rings. The number of aliphatic carboxylic acids is 1. The van der Waals surface area contributed by atoms with E-state index >= 15 is 0 Å². The summed E-state index contributed by atoms with van der Waals surface area (Å²) in [5.74, 6) is 0.00646. The second kappa shape index (κ2) is 9.58. The fourth-order valence-electron chi connectivity index (χ4n) is 2.43. The first-order chi connectivity index (χ1) is 13.2. The van der Waals surface area contributed by atoms with Crippen LogP contribution in [0.15, 0.2) is 48.5 Å². The van der Waals surface area contributed by atoms with Crippen LogP contribution in [0.25, 0.3) is 21.2 Å². The van der Waals surface area contributed by atoms with Crippen molar-refractivity contribution in [1.82, 2.24) is 4.98 Å².